The van der Waals surface area contributed by atoms with Crippen LogP contribution in [0.4, 0.5) is 0 Å². The molecule has 5 aliphatic rings. The molecule has 0 aromatic heterocycles. The van der Waals surface area contributed by atoms with Crippen LogP contribution in [0.3, 0.4) is 0 Å². The fourth-order valence-electron chi connectivity index (χ4n) is 11.4. The Morgan fingerprint density at radius 2 is 1.62 bits per heavy atom. The SMILES string of the molecule is C[C@H](CO)[C@]12CCC(C)(C)CC1C1C(=O)C[C@@H]3[C@@]4(C)C=C(C#N)C(=O)C(C)(C)[C@@H]4CC[C@@]3(C)[C@]1(C)CC2. The Kier molecular flexibility index (Phi) is 5.88. The average Bonchev–Trinajstić information content (AvgIpc) is 2.82. The van der Waals surface area contributed by atoms with Crippen LogP contribution in [-0.2, 0) is 9.59 Å². The van der Waals surface area contributed by atoms with E-state index in [4.69, 9.17) is 0 Å². The van der Waals surface area contributed by atoms with Gasteiger partial charge in [0.2, 0.25) is 0 Å². The summed E-state index contributed by atoms with van der Waals surface area (Å²) in [5.74, 6) is 1.18. The Morgan fingerprint density at radius 3 is 2.24 bits per heavy atom. The van der Waals surface area contributed by atoms with E-state index in [2.05, 4.69) is 47.6 Å². The molecule has 4 heteroatoms. The summed E-state index contributed by atoms with van der Waals surface area (Å²) in [4.78, 5) is 27.8. The number of allylic oxidation sites excluding steroid dienone is 2. The van der Waals surface area contributed by atoms with Gasteiger partial charge in [-0.1, -0.05) is 61.5 Å². The Labute approximate surface area is 224 Å². The summed E-state index contributed by atoms with van der Waals surface area (Å²) >= 11 is 0. The number of aliphatic hydroxyl groups excluding tert-OH is 1. The Bertz CT molecular complexity index is 1100. The average molecular weight is 508 g/mol. The molecule has 5 rings (SSSR count). The number of rotatable bonds is 2. The van der Waals surface area contributed by atoms with Gasteiger partial charge in [-0.3, -0.25) is 9.59 Å². The zero-order valence-corrected chi connectivity index (χ0v) is 24.5. The summed E-state index contributed by atoms with van der Waals surface area (Å²) in [6.07, 6.45) is 9.97. The molecule has 0 spiro atoms. The van der Waals surface area contributed by atoms with Gasteiger partial charge >= 0.3 is 0 Å². The van der Waals surface area contributed by atoms with Gasteiger partial charge in [0.05, 0.1) is 5.57 Å². The fourth-order valence-corrected chi connectivity index (χ4v) is 11.4. The van der Waals surface area contributed by atoms with Crippen molar-refractivity contribution in [3.8, 4) is 6.07 Å². The van der Waals surface area contributed by atoms with Gasteiger partial charge in [0, 0.05) is 24.4 Å². The molecule has 37 heavy (non-hydrogen) atoms. The summed E-state index contributed by atoms with van der Waals surface area (Å²) in [5.41, 5.74) is -0.561. The molecular formula is C33H49NO3. The predicted octanol–water partition coefficient (Wildman–Crippen LogP) is 6.91. The Balaban J connectivity index is 1.64. The van der Waals surface area contributed by atoms with Gasteiger partial charge in [-0.25, -0.2) is 0 Å². The molecule has 0 bridgehead atoms. The third-order valence-electron chi connectivity index (χ3n) is 13.8. The number of carbonyl (C=O) groups excluding carboxylic acids is 2. The van der Waals surface area contributed by atoms with Crippen molar-refractivity contribution in [2.75, 3.05) is 6.61 Å². The molecule has 0 aromatic rings. The number of nitrogens with zero attached hydrogens (tertiary/aromatic N) is 1. The van der Waals surface area contributed by atoms with Crippen molar-refractivity contribution < 1.29 is 14.7 Å². The van der Waals surface area contributed by atoms with Gasteiger partial charge < -0.3 is 5.11 Å². The minimum Gasteiger partial charge on any atom is -0.396 e. The van der Waals surface area contributed by atoms with Gasteiger partial charge in [-0.05, 0) is 95.7 Å². The smallest absolute Gasteiger partial charge is 0.178 e. The summed E-state index contributed by atoms with van der Waals surface area (Å²) in [6.45, 7) is 18.3. The van der Waals surface area contributed by atoms with Crippen molar-refractivity contribution >= 4 is 11.6 Å². The molecule has 1 N–H and O–H groups in total. The molecular weight excluding hydrogens is 458 g/mol. The monoisotopic (exact) mass is 507 g/mol. The van der Waals surface area contributed by atoms with E-state index in [1.54, 1.807) is 0 Å². The first-order chi connectivity index (χ1) is 17.0. The highest BCUT2D eigenvalue weighted by Gasteiger charge is 2.72. The molecule has 4 fully saturated rings. The molecule has 0 aliphatic heterocycles. The lowest BCUT2D eigenvalue weighted by Gasteiger charge is -2.72. The van der Waals surface area contributed by atoms with Gasteiger partial charge in [0.25, 0.3) is 0 Å². The first-order valence-corrected chi connectivity index (χ1v) is 14.9. The first-order valence-electron chi connectivity index (χ1n) is 14.9. The van der Waals surface area contributed by atoms with Crippen LogP contribution >= 0.6 is 0 Å². The van der Waals surface area contributed by atoms with Crippen LogP contribution in [0.25, 0.3) is 0 Å². The topological polar surface area (TPSA) is 78.2 Å². The van der Waals surface area contributed by atoms with E-state index in [0.717, 1.165) is 44.9 Å². The van der Waals surface area contributed by atoms with Gasteiger partial charge in [-0.15, -0.1) is 0 Å². The molecule has 5 aliphatic carbocycles. The molecule has 0 heterocycles. The zero-order chi connectivity index (χ0) is 27.4. The maximum atomic E-state index is 14.5. The number of hydrogen-bond donors (Lipinski definition) is 1. The van der Waals surface area contributed by atoms with E-state index in [-0.39, 0.29) is 63.1 Å². The van der Waals surface area contributed by atoms with Crippen LogP contribution in [0.1, 0.15) is 107 Å². The van der Waals surface area contributed by atoms with E-state index >= 15 is 0 Å². The Morgan fingerprint density at radius 1 is 0.973 bits per heavy atom. The number of fused-ring (bicyclic) bond motifs is 7. The van der Waals surface area contributed by atoms with Gasteiger partial charge in [-0.2, -0.15) is 5.26 Å². The maximum absolute atomic E-state index is 14.5. The molecule has 0 aromatic carbocycles. The number of hydrogen-bond acceptors (Lipinski definition) is 4. The lowest BCUT2D eigenvalue weighted by Crippen LogP contribution is -2.69. The lowest BCUT2D eigenvalue weighted by atomic mass is 9.31. The van der Waals surface area contributed by atoms with Crippen molar-refractivity contribution in [3.63, 3.8) is 0 Å². The van der Waals surface area contributed by atoms with E-state index < -0.39 is 5.41 Å². The largest absolute Gasteiger partial charge is 0.396 e. The Hall–Kier alpha value is -1.47. The molecule has 4 saturated carbocycles. The molecule has 4 nitrogen and oxygen atoms in total. The quantitative estimate of drug-likeness (QED) is 0.440. The van der Waals surface area contributed by atoms with E-state index in [9.17, 15) is 20.0 Å². The minimum absolute atomic E-state index is 0.0221. The van der Waals surface area contributed by atoms with Crippen molar-refractivity contribution in [2.45, 2.75) is 107 Å². The van der Waals surface area contributed by atoms with Crippen molar-refractivity contribution in [1.29, 1.82) is 5.26 Å². The van der Waals surface area contributed by atoms with Crippen molar-refractivity contribution in [1.82, 2.24) is 0 Å². The third-order valence-corrected chi connectivity index (χ3v) is 13.8. The summed E-state index contributed by atoms with van der Waals surface area (Å²) in [6, 6.07) is 2.23. The molecule has 0 radical (unpaired) electrons. The molecule has 2 unspecified atom stereocenters. The normalized spacial score (nSPS) is 48.9. The second-order valence-corrected chi connectivity index (χ2v) is 16.0. The molecule has 9 atom stereocenters. The number of aliphatic hydroxyl groups is 1. The van der Waals surface area contributed by atoms with E-state index in [0.29, 0.717) is 23.7 Å². The van der Waals surface area contributed by atoms with Crippen LogP contribution in [0.5, 0.6) is 0 Å². The summed E-state index contributed by atoms with van der Waals surface area (Å²) in [5, 5.41) is 20.3. The second-order valence-electron chi connectivity index (χ2n) is 16.0. The number of Topliss-reactive ketones (excluding diaryl/α,β-unsaturated/α-hetero) is 2. The molecule has 0 amide bonds. The van der Waals surface area contributed by atoms with Gasteiger partial charge in [0.1, 0.15) is 11.9 Å². The highest BCUT2D eigenvalue weighted by Crippen LogP contribution is 2.76. The fraction of sp³-hybridized carbons (Fsp3) is 0.848. The van der Waals surface area contributed by atoms with Crippen LogP contribution in [0.2, 0.25) is 0 Å². The minimum atomic E-state index is -0.595. The van der Waals surface area contributed by atoms with Crippen molar-refractivity contribution in [2.24, 2.45) is 62.1 Å². The summed E-state index contributed by atoms with van der Waals surface area (Å²) in [7, 11) is 0. The number of ketones is 2. The van der Waals surface area contributed by atoms with E-state index in [1.165, 1.54) is 0 Å². The predicted molar refractivity (Wildman–Crippen MR) is 145 cm³/mol. The van der Waals surface area contributed by atoms with Gasteiger partial charge in [0.15, 0.2) is 5.78 Å². The third kappa shape index (κ3) is 3.28. The van der Waals surface area contributed by atoms with Crippen LogP contribution in [0, 0.1) is 73.4 Å². The number of carbonyl (C=O) groups is 2. The van der Waals surface area contributed by atoms with Crippen LogP contribution in [-0.4, -0.2) is 23.3 Å². The second kappa shape index (κ2) is 8.03. The lowest BCUT2D eigenvalue weighted by molar-refractivity contribution is -0.229. The van der Waals surface area contributed by atoms with Crippen molar-refractivity contribution in [3.05, 3.63) is 11.6 Å². The summed E-state index contributed by atoms with van der Waals surface area (Å²) < 4.78 is 0. The highest BCUT2D eigenvalue weighted by molar-refractivity contribution is 6.04. The zero-order valence-electron chi connectivity index (χ0n) is 24.5. The molecule has 0 saturated heterocycles. The highest BCUT2D eigenvalue weighted by atomic mass is 16.3. The van der Waals surface area contributed by atoms with E-state index in [1.807, 2.05) is 19.9 Å². The maximum Gasteiger partial charge on any atom is 0.178 e. The van der Waals surface area contributed by atoms with Crippen LogP contribution in [0.15, 0.2) is 11.6 Å². The van der Waals surface area contributed by atoms with Crippen LogP contribution < -0.4 is 0 Å². The number of nitriles is 1. The first kappa shape index (κ1) is 27.1. The molecule has 204 valence electrons. The standard InChI is InChI=1S/C33H49NO3/c1-20(19-35)33-13-11-28(2,3)17-22(33)26-23(36)15-25-30(6)16-21(18-34)27(37)29(4,5)24(30)9-10-31(25,7)32(26,8)12-14-33/h16,20,22,24-26,35H,9-15,17,19H2,1-8H3/t20-,22?,24+,25-,26?,30+,31-,32-,33-/m1/s1.